The molecule has 1 aliphatic carbocycles. The molecule has 0 saturated carbocycles. The lowest BCUT2D eigenvalue weighted by atomic mass is 9.65. The SMILES string of the molecule is CCN1C(C(=O)OC)=C(C(=O)OC)[C@]23C(=O)c4ccccc4[C@]12OC(N)C3C#N. The van der Waals surface area contributed by atoms with Crippen molar-refractivity contribution in [3.63, 3.8) is 0 Å². The van der Waals surface area contributed by atoms with Gasteiger partial charge in [-0.05, 0) is 6.92 Å². The second-order valence-corrected chi connectivity index (χ2v) is 6.97. The average Bonchev–Trinajstić information content (AvgIpc) is 3.23. The zero-order valence-electron chi connectivity index (χ0n) is 16.1. The Morgan fingerprint density at radius 2 is 1.93 bits per heavy atom. The molecule has 1 aromatic carbocycles. The van der Waals surface area contributed by atoms with E-state index in [1.54, 1.807) is 31.2 Å². The Kier molecular flexibility index (Phi) is 4.05. The number of likely N-dealkylation sites (N-methyl/N-ethyl adjacent to an activating group) is 1. The van der Waals surface area contributed by atoms with Crippen molar-refractivity contribution in [3.05, 3.63) is 46.7 Å². The molecule has 4 atom stereocenters. The second kappa shape index (κ2) is 6.14. The monoisotopic (exact) mass is 397 g/mol. The summed E-state index contributed by atoms with van der Waals surface area (Å²) >= 11 is 0. The van der Waals surface area contributed by atoms with Gasteiger partial charge in [0, 0.05) is 17.7 Å². The van der Waals surface area contributed by atoms with Gasteiger partial charge >= 0.3 is 11.9 Å². The van der Waals surface area contributed by atoms with E-state index in [4.69, 9.17) is 19.9 Å². The summed E-state index contributed by atoms with van der Waals surface area (Å²) in [5.74, 6) is -3.48. The van der Waals surface area contributed by atoms with Gasteiger partial charge in [-0.2, -0.15) is 5.26 Å². The quantitative estimate of drug-likeness (QED) is 0.720. The fraction of sp³-hybridized carbons (Fsp3) is 0.400. The van der Waals surface area contributed by atoms with Gasteiger partial charge in [-0.1, -0.05) is 24.3 Å². The van der Waals surface area contributed by atoms with Crippen LogP contribution in [0.2, 0.25) is 0 Å². The van der Waals surface area contributed by atoms with E-state index in [-0.39, 0.29) is 17.8 Å². The van der Waals surface area contributed by atoms with Crippen molar-refractivity contribution in [3.8, 4) is 6.07 Å². The lowest BCUT2D eigenvalue weighted by Gasteiger charge is -2.41. The molecule has 29 heavy (non-hydrogen) atoms. The van der Waals surface area contributed by atoms with Crippen molar-refractivity contribution in [1.29, 1.82) is 5.26 Å². The Morgan fingerprint density at radius 1 is 1.28 bits per heavy atom. The van der Waals surface area contributed by atoms with Crippen molar-refractivity contribution in [2.24, 2.45) is 17.1 Å². The highest BCUT2D eigenvalue weighted by Crippen LogP contribution is 2.71. The molecule has 0 aromatic heterocycles. The number of nitrogens with zero attached hydrogens (tertiary/aromatic N) is 2. The lowest BCUT2D eigenvalue weighted by Crippen LogP contribution is -2.52. The van der Waals surface area contributed by atoms with Gasteiger partial charge in [0.1, 0.15) is 23.3 Å². The van der Waals surface area contributed by atoms with Gasteiger partial charge in [0.05, 0.1) is 25.9 Å². The predicted octanol–water partition coefficient (Wildman–Crippen LogP) is 0.412. The van der Waals surface area contributed by atoms with Crippen LogP contribution in [-0.2, 0) is 29.5 Å². The molecule has 2 heterocycles. The molecular formula is C20H19N3O6. The first-order chi connectivity index (χ1) is 13.9. The minimum absolute atomic E-state index is 0.156. The number of nitrogens with two attached hydrogens (primary N) is 1. The highest BCUT2D eigenvalue weighted by molar-refractivity contribution is 6.17. The molecular weight excluding hydrogens is 378 g/mol. The zero-order chi connectivity index (χ0) is 21.1. The average molecular weight is 397 g/mol. The van der Waals surface area contributed by atoms with E-state index in [2.05, 4.69) is 0 Å². The molecule has 9 heteroatoms. The number of ether oxygens (including phenoxy) is 3. The molecule has 1 aromatic rings. The Bertz CT molecular complexity index is 1030. The molecule has 0 spiro atoms. The van der Waals surface area contributed by atoms with Crippen LogP contribution in [-0.4, -0.2) is 49.6 Å². The first kappa shape index (κ1) is 19.1. The van der Waals surface area contributed by atoms with E-state index in [0.717, 1.165) is 7.11 Å². The highest BCUT2D eigenvalue weighted by atomic mass is 16.6. The van der Waals surface area contributed by atoms with Gasteiger partial charge in [-0.3, -0.25) is 4.79 Å². The molecule has 3 aliphatic rings. The Morgan fingerprint density at radius 3 is 2.52 bits per heavy atom. The largest absolute Gasteiger partial charge is 0.466 e. The van der Waals surface area contributed by atoms with Gasteiger partial charge in [0.15, 0.2) is 11.5 Å². The number of rotatable bonds is 3. The number of fused-ring (bicyclic) bond motifs is 1. The van der Waals surface area contributed by atoms with Crippen molar-refractivity contribution in [2.75, 3.05) is 20.8 Å². The number of nitriles is 1. The van der Waals surface area contributed by atoms with Crippen molar-refractivity contribution < 1.29 is 28.6 Å². The minimum atomic E-state index is -1.85. The van der Waals surface area contributed by atoms with Crippen LogP contribution >= 0.6 is 0 Å². The normalized spacial score (nSPS) is 31.8. The number of hydrogen-bond donors (Lipinski definition) is 1. The number of Topliss-reactive ketones (excluding diaryl/α,β-unsaturated/α-hetero) is 1. The minimum Gasteiger partial charge on any atom is -0.466 e. The van der Waals surface area contributed by atoms with E-state index >= 15 is 0 Å². The maximum Gasteiger partial charge on any atom is 0.355 e. The van der Waals surface area contributed by atoms with Gasteiger partial charge in [0.2, 0.25) is 0 Å². The van der Waals surface area contributed by atoms with E-state index < -0.39 is 41.0 Å². The number of esters is 2. The van der Waals surface area contributed by atoms with Crippen LogP contribution in [0.4, 0.5) is 0 Å². The fourth-order valence-electron chi connectivity index (χ4n) is 5.13. The highest BCUT2D eigenvalue weighted by Gasteiger charge is 2.83. The van der Waals surface area contributed by atoms with Crippen LogP contribution in [0.3, 0.4) is 0 Å². The number of carbonyl (C=O) groups is 3. The number of ketones is 1. The number of hydrogen-bond acceptors (Lipinski definition) is 9. The molecule has 4 rings (SSSR count). The topological polar surface area (TPSA) is 132 Å². The third-order valence-corrected chi connectivity index (χ3v) is 6.04. The van der Waals surface area contributed by atoms with E-state index in [1.165, 1.54) is 12.0 Å². The molecule has 0 radical (unpaired) electrons. The molecule has 0 bridgehead atoms. The Balaban J connectivity index is 2.20. The first-order valence-corrected chi connectivity index (χ1v) is 9.04. The van der Waals surface area contributed by atoms with Crippen LogP contribution < -0.4 is 5.73 Å². The van der Waals surface area contributed by atoms with Crippen LogP contribution in [0.1, 0.15) is 22.8 Å². The molecule has 2 unspecified atom stereocenters. The maximum absolute atomic E-state index is 13.8. The molecule has 1 saturated heterocycles. The van der Waals surface area contributed by atoms with E-state index in [0.29, 0.717) is 11.1 Å². The summed E-state index contributed by atoms with van der Waals surface area (Å²) in [4.78, 5) is 41.1. The third-order valence-electron chi connectivity index (χ3n) is 6.04. The van der Waals surface area contributed by atoms with Gasteiger partial charge in [-0.25, -0.2) is 9.59 Å². The van der Waals surface area contributed by atoms with Gasteiger partial charge in [0.25, 0.3) is 0 Å². The van der Waals surface area contributed by atoms with E-state index in [9.17, 15) is 19.6 Å². The molecule has 0 amide bonds. The molecule has 2 aliphatic heterocycles. The smallest absolute Gasteiger partial charge is 0.355 e. The van der Waals surface area contributed by atoms with Gasteiger partial charge in [-0.15, -0.1) is 0 Å². The van der Waals surface area contributed by atoms with Crippen LogP contribution in [0, 0.1) is 22.7 Å². The third kappa shape index (κ3) is 1.83. The molecule has 1 fully saturated rings. The summed E-state index contributed by atoms with van der Waals surface area (Å²) in [5.41, 5.74) is 3.01. The summed E-state index contributed by atoms with van der Waals surface area (Å²) in [6.07, 6.45) is -1.16. The van der Waals surface area contributed by atoms with Crippen molar-refractivity contribution in [2.45, 2.75) is 18.9 Å². The summed E-state index contributed by atoms with van der Waals surface area (Å²) in [7, 11) is 2.31. The summed E-state index contributed by atoms with van der Waals surface area (Å²) in [6, 6.07) is 8.73. The van der Waals surface area contributed by atoms with Crippen LogP contribution in [0.5, 0.6) is 0 Å². The number of benzene rings is 1. The summed E-state index contributed by atoms with van der Waals surface area (Å²) in [5, 5.41) is 9.96. The first-order valence-electron chi connectivity index (χ1n) is 9.04. The lowest BCUT2D eigenvalue weighted by molar-refractivity contribution is -0.162. The number of carbonyl (C=O) groups excluding carboxylic acids is 3. The standard InChI is InChI=1S/C20H19N3O6/c1-4-23-14(18(26)28-3)13(17(25)27-2)19-12(9-21)16(22)29-20(19,23)11-8-6-5-7-10(11)15(19)24/h5-8,12,16H,4,22H2,1-3H3/t12?,16?,19-,20-/m1/s1. The van der Waals surface area contributed by atoms with Crippen molar-refractivity contribution >= 4 is 17.7 Å². The fourth-order valence-corrected chi connectivity index (χ4v) is 5.13. The zero-order valence-corrected chi connectivity index (χ0v) is 16.1. The molecule has 150 valence electrons. The summed E-state index contributed by atoms with van der Waals surface area (Å²) in [6.45, 7) is 1.92. The van der Waals surface area contributed by atoms with Crippen molar-refractivity contribution in [1.82, 2.24) is 4.90 Å². The number of methoxy groups -OCH3 is 2. The summed E-state index contributed by atoms with van der Waals surface area (Å²) < 4.78 is 16.0. The van der Waals surface area contributed by atoms with Crippen LogP contribution in [0.25, 0.3) is 0 Å². The van der Waals surface area contributed by atoms with E-state index in [1.807, 2.05) is 6.07 Å². The molecule has 9 nitrogen and oxygen atoms in total. The predicted molar refractivity (Wildman–Crippen MR) is 96.5 cm³/mol. The Hall–Kier alpha value is -3.22. The van der Waals surface area contributed by atoms with Gasteiger partial charge < -0.3 is 24.8 Å². The Labute approximate surface area is 166 Å². The van der Waals surface area contributed by atoms with Crippen LogP contribution in [0.15, 0.2) is 35.5 Å². The molecule has 2 N–H and O–H groups in total. The maximum atomic E-state index is 13.8. The second-order valence-electron chi connectivity index (χ2n) is 6.97.